The smallest absolute Gasteiger partial charge is 0.250 e. The molecule has 4 aliphatic rings. The van der Waals surface area contributed by atoms with E-state index in [2.05, 4.69) is 10.3 Å². The maximum atomic E-state index is 14.5. The van der Waals surface area contributed by atoms with E-state index in [0.29, 0.717) is 18.5 Å². The number of ether oxygens (including phenoxy) is 1. The SMILES string of the molecule is C[C@]12C=CCN(c3ccccc3)C(=O)[C@H]1[C@H]1C(=O)N(CCCO)C3C(=O)N(Cn4nnc5ccccc54)CC=C[C@@]31O2. The fraction of sp³-hybridized carbons (Fsp3) is 0.387. The average molecular weight is 569 g/mol. The maximum Gasteiger partial charge on any atom is 0.250 e. The topological polar surface area (TPSA) is 121 Å². The molecule has 1 unspecified atom stereocenters. The van der Waals surface area contributed by atoms with Crippen molar-refractivity contribution in [3.05, 3.63) is 78.9 Å². The van der Waals surface area contributed by atoms with Gasteiger partial charge in [-0.1, -0.05) is 59.8 Å². The van der Waals surface area contributed by atoms with E-state index >= 15 is 0 Å². The number of rotatable bonds is 6. The maximum absolute atomic E-state index is 14.5. The van der Waals surface area contributed by atoms with E-state index in [1.807, 2.05) is 85.8 Å². The lowest BCUT2D eigenvalue weighted by molar-refractivity contribution is -0.152. The second-order valence-electron chi connectivity index (χ2n) is 11.5. The Bertz CT molecular complexity index is 1620. The summed E-state index contributed by atoms with van der Waals surface area (Å²) in [6.07, 6.45) is 7.74. The number of aromatic nitrogens is 3. The van der Waals surface area contributed by atoms with E-state index in [1.165, 1.54) is 4.90 Å². The highest BCUT2D eigenvalue weighted by atomic mass is 16.5. The molecule has 5 heterocycles. The van der Waals surface area contributed by atoms with Crippen LogP contribution in [0.4, 0.5) is 5.69 Å². The number of fused-ring (bicyclic) bond motifs is 3. The van der Waals surface area contributed by atoms with Crippen molar-refractivity contribution in [2.45, 2.75) is 37.3 Å². The molecular formula is C31H32N6O5. The molecule has 0 radical (unpaired) electrons. The number of hydrogen-bond donors (Lipinski definition) is 1. The number of nitrogens with zero attached hydrogens (tertiary/aromatic N) is 6. The van der Waals surface area contributed by atoms with Crippen LogP contribution in [0, 0.1) is 11.8 Å². The first-order valence-corrected chi connectivity index (χ1v) is 14.3. The van der Waals surface area contributed by atoms with Crippen LogP contribution in [0.15, 0.2) is 78.9 Å². The molecule has 11 nitrogen and oxygen atoms in total. The zero-order chi connectivity index (χ0) is 29.1. The van der Waals surface area contributed by atoms with Gasteiger partial charge in [0.1, 0.15) is 23.8 Å². The molecule has 11 heteroatoms. The van der Waals surface area contributed by atoms with Crippen LogP contribution in [0.1, 0.15) is 13.3 Å². The molecule has 0 bridgehead atoms. The Hall–Kier alpha value is -4.35. The van der Waals surface area contributed by atoms with Gasteiger partial charge in [0.05, 0.1) is 23.0 Å². The van der Waals surface area contributed by atoms with Crippen molar-refractivity contribution in [1.29, 1.82) is 0 Å². The molecule has 1 spiro atoms. The molecule has 3 amide bonds. The van der Waals surface area contributed by atoms with Crippen molar-refractivity contribution in [1.82, 2.24) is 24.8 Å². The van der Waals surface area contributed by atoms with Crippen molar-refractivity contribution >= 4 is 34.4 Å². The summed E-state index contributed by atoms with van der Waals surface area (Å²) in [4.78, 5) is 48.0. The fourth-order valence-electron chi connectivity index (χ4n) is 7.20. The number of amides is 3. The highest BCUT2D eigenvalue weighted by Crippen LogP contribution is 2.57. The van der Waals surface area contributed by atoms with Gasteiger partial charge in [0.2, 0.25) is 11.8 Å². The molecule has 1 N–H and O–H groups in total. The van der Waals surface area contributed by atoms with E-state index < -0.39 is 29.1 Å². The lowest BCUT2D eigenvalue weighted by Crippen LogP contribution is -2.56. The van der Waals surface area contributed by atoms with Crippen LogP contribution in [0.5, 0.6) is 0 Å². The Kier molecular flexibility index (Phi) is 6.25. The molecule has 3 aromatic rings. The van der Waals surface area contributed by atoms with Crippen molar-refractivity contribution in [2.24, 2.45) is 11.8 Å². The van der Waals surface area contributed by atoms with Gasteiger partial charge in [-0.15, -0.1) is 5.10 Å². The first kappa shape index (κ1) is 26.5. The summed E-state index contributed by atoms with van der Waals surface area (Å²) in [5.74, 6) is -2.61. The first-order chi connectivity index (χ1) is 20.4. The van der Waals surface area contributed by atoms with Gasteiger partial charge in [0.15, 0.2) is 0 Å². The zero-order valence-electron chi connectivity index (χ0n) is 23.2. The first-order valence-electron chi connectivity index (χ1n) is 14.3. The average Bonchev–Trinajstić information content (AvgIpc) is 3.52. The van der Waals surface area contributed by atoms with E-state index in [4.69, 9.17) is 4.74 Å². The molecule has 42 heavy (non-hydrogen) atoms. The summed E-state index contributed by atoms with van der Waals surface area (Å²) in [6.45, 7) is 2.60. The van der Waals surface area contributed by atoms with Crippen LogP contribution >= 0.6 is 0 Å². The Morgan fingerprint density at radius 1 is 0.929 bits per heavy atom. The quantitative estimate of drug-likeness (QED) is 0.450. The minimum absolute atomic E-state index is 0.129. The molecule has 0 aliphatic carbocycles. The van der Waals surface area contributed by atoms with Gasteiger partial charge in [-0.05, 0) is 37.6 Å². The number of para-hydroxylation sites is 2. The minimum Gasteiger partial charge on any atom is -0.396 e. The summed E-state index contributed by atoms with van der Waals surface area (Å²) in [6, 6.07) is 15.9. The van der Waals surface area contributed by atoms with Gasteiger partial charge < -0.3 is 24.5 Å². The minimum atomic E-state index is -1.36. The normalized spacial score (nSPS) is 30.5. The molecule has 5 atom stereocenters. The third kappa shape index (κ3) is 3.83. The third-order valence-electron chi connectivity index (χ3n) is 8.99. The van der Waals surface area contributed by atoms with Crippen LogP contribution in [-0.2, 0) is 25.8 Å². The number of anilines is 1. The lowest BCUT2D eigenvalue weighted by Gasteiger charge is -2.37. The summed E-state index contributed by atoms with van der Waals surface area (Å²) in [5.41, 5.74) is -0.232. The van der Waals surface area contributed by atoms with E-state index in [0.717, 1.165) is 11.2 Å². The van der Waals surface area contributed by atoms with Crippen LogP contribution in [0.2, 0.25) is 0 Å². The van der Waals surface area contributed by atoms with Crippen molar-refractivity contribution < 1.29 is 24.2 Å². The predicted octanol–water partition coefficient (Wildman–Crippen LogP) is 1.74. The molecule has 2 aromatic carbocycles. The van der Waals surface area contributed by atoms with Crippen molar-refractivity contribution in [2.75, 3.05) is 31.1 Å². The van der Waals surface area contributed by atoms with Gasteiger partial charge in [-0.2, -0.15) is 0 Å². The third-order valence-corrected chi connectivity index (χ3v) is 8.99. The van der Waals surface area contributed by atoms with E-state index in [9.17, 15) is 19.5 Å². The standard InChI is InChI=1S/C31H32N6O5/c1-30-14-7-17-35(21-10-3-2-4-11-21)27(39)24(30)25-28(40)36(18-9-19-38)26-29(41)34(16-8-15-31(25,26)42-30)20-37-23-13-6-5-12-22(23)32-33-37/h2-8,10-15,24-26,38H,9,16-20H2,1H3/t24-,25+,26?,30+,31+/m1/s1. The van der Waals surface area contributed by atoms with Crippen molar-refractivity contribution in [3.8, 4) is 0 Å². The van der Waals surface area contributed by atoms with Gasteiger partial charge in [-0.3, -0.25) is 14.4 Å². The van der Waals surface area contributed by atoms with Crippen LogP contribution in [0.3, 0.4) is 0 Å². The molecule has 4 aliphatic heterocycles. The van der Waals surface area contributed by atoms with Crippen LogP contribution in [0.25, 0.3) is 11.0 Å². The Balaban J connectivity index is 1.30. The molecular weight excluding hydrogens is 536 g/mol. The Labute approximate surface area is 242 Å². The van der Waals surface area contributed by atoms with E-state index in [-0.39, 0.29) is 44.1 Å². The number of likely N-dealkylation sites (tertiary alicyclic amines) is 1. The largest absolute Gasteiger partial charge is 0.396 e. The monoisotopic (exact) mass is 568 g/mol. The Morgan fingerprint density at radius 3 is 2.50 bits per heavy atom. The summed E-state index contributed by atoms with van der Waals surface area (Å²) >= 11 is 0. The molecule has 2 saturated heterocycles. The second kappa shape index (κ2) is 9.88. The molecule has 0 saturated carbocycles. The highest BCUT2D eigenvalue weighted by molar-refractivity contribution is 6.04. The van der Waals surface area contributed by atoms with Crippen LogP contribution in [-0.4, -0.2) is 91.1 Å². The number of aliphatic hydroxyl groups is 1. The van der Waals surface area contributed by atoms with Crippen LogP contribution < -0.4 is 4.90 Å². The lowest BCUT2D eigenvalue weighted by atomic mass is 9.74. The predicted molar refractivity (Wildman–Crippen MR) is 153 cm³/mol. The molecule has 216 valence electrons. The van der Waals surface area contributed by atoms with Crippen molar-refractivity contribution in [3.63, 3.8) is 0 Å². The number of carbonyl (C=O) groups is 3. The number of aliphatic hydroxyl groups excluding tert-OH is 1. The molecule has 7 rings (SSSR count). The fourth-order valence-corrected chi connectivity index (χ4v) is 7.20. The van der Waals surface area contributed by atoms with Gasteiger partial charge in [0, 0.05) is 31.9 Å². The van der Waals surface area contributed by atoms with Gasteiger partial charge in [-0.25, -0.2) is 4.68 Å². The summed E-state index contributed by atoms with van der Waals surface area (Å²) in [7, 11) is 0. The van der Waals surface area contributed by atoms with Gasteiger partial charge in [0.25, 0.3) is 5.91 Å². The second-order valence-corrected chi connectivity index (χ2v) is 11.5. The molecule has 1 aromatic heterocycles. The number of carbonyl (C=O) groups excluding carboxylic acids is 3. The Morgan fingerprint density at radius 2 is 1.69 bits per heavy atom. The number of hydrogen-bond acceptors (Lipinski definition) is 7. The zero-order valence-corrected chi connectivity index (χ0v) is 23.2. The molecule has 2 fully saturated rings. The van der Waals surface area contributed by atoms with Gasteiger partial charge >= 0.3 is 0 Å². The summed E-state index contributed by atoms with van der Waals surface area (Å²) in [5, 5.41) is 18.1. The highest BCUT2D eigenvalue weighted by Gasteiger charge is 2.74. The van der Waals surface area contributed by atoms with E-state index in [1.54, 1.807) is 14.5 Å². The number of benzene rings is 2. The summed E-state index contributed by atoms with van der Waals surface area (Å²) < 4.78 is 8.52.